The van der Waals surface area contributed by atoms with Gasteiger partial charge in [-0.15, -0.1) is 0 Å². The smallest absolute Gasteiger partial charge is 0.338 e. The highest BCUT2D eigenvalue weighted by molar-refractivity contribution is 7.89. The molecule has 2 heterocycles. The molecule has 3 N–H and O–H groups in total. The van der Waals surface area contributed by atoms with Gasteiger partial charge in [-0.25, -0.2) is 18.0 Å². The monoisotopic (exact) mass is 477 g/mol. The zero-order valence-electron chi connectivity index (χ0n) is 17.9. The van der Waals surface area contributed by atoms with Gasteiger partial charge in [-0.2, -0.15) is 4.72 Å². The lowest BCUT2D eigenvalue weighted by molar-refractivity contribution is -0.142. The van der Waals surface area contributed by atoms with Gasteiger partial charge in [0.1, 0.15) is 25.0 Å². The summed E-state index contributed by atoms with van der Waals surface area (Å²) in [5, 5.41) is 4.99. The Morgan fingerprint density at radius 1 is 1.15 bits per heavy atom. The molecule has 11 nitrogen and oxygen atoms in total. The molecule has 1 aliphatic heterocycles. The normalized spacial score (nSPS) is 16.1. The molecular weight excluding hydrogens is 454 g/mol. The lowest BCUT2D eigenvalue weighted by Crippen LogP contribution is -2.47. The minimum atomic E-state index is -3.92. The van der Waals surface area contributed by atoms with Crippen molar-refractivity contribution in [2.45, 2.75) is 24.8 Å². The van der Waals surface area contributed by atoms with E-state index in [0.717, 1.165) is 5.56 Å². The first-order valence-corrected chi connectivity index (χ1v) is 11.4. The number of hydrogen-bond acceptors (Lipinski definition) is 8. The van der Waals surface area contributed by atoms with Gasteiger partial charge in [0.05, 0.1) is 29.0 Å². The molecule has 0 fully saturated rings. The summed E-state index contributed by atoms with van der Waals surface area (Å²) in [5.41, 5.74) is 0.878. The molecule has 1 aromatic heterocycles. The number of benzene rings is 1. The van der Waals surface area contributed by atoms with Crippen LogP contribution in [-0.4, -0.2) is 46.1 Å². The largest absolute Gasteiger partial charge is 0.467 e. The van der Waals surface area contributed by atoms with Crippen molar-refractivity contribution in [2.75, 3.05) is 19.8 Å². The number of nitrogens with one attached hydrogen (secondary N) is 3. The van der Waals surface area contributed by atoms with Crippen molar-refractivity contribution in [3.63, 3.8) is 0 Å². The number of carbonyl (C=O) groups excluding carboxylic acids is 3. The van der Waals surface area contributed by atoms with Crippen LogP contribution in [0.5, 0.6) is 0 Å². The van der Waals surface area contributed by atoms with Gasteiger partial charge >= 0.3 is 18.0 Å². The number of furan rings is 1. The van der Waals surface area contributed by atoms with Gasteiger partial charge in [0, 0.05) is 0 Å². The lowest BCUT2D eigenvalue weighted by Gasteiger charge is -2.27. The maximum absolute atomic E-state index is 12.6. The number of sulfonamides is 1. The zero-order valence-corrected chi connectivity index (χ0v) is 18.7. The highest BCUT2D eigenvalue weighted by Crippen LogP contribution is 2.28. The second-order valence-corrected chi connectivity index (χ2v) is 8.72. The lowest BCUT2D eigenvalue weighted by atomic mass is 10.0. The van der Waals surface area contributed by atoms with E-state index in [4.69, 9.17) is 13.9 Å². The molecule has 176 valence electrons. The van der Waals surface area contributed by atoms with Crippen LogP contribution in [-0.2, 0) is 29.1 Å². The van der Waals surface area contributed by atoms with Gasteiger partial charge in [-0.1, -0.05) is 17.7 Å². The van der Waals surface area contributed by atoms with E-state index < -0.39 is 47.2 Å². The molecule has 0 radical (unpaired) electrons. The average molecular weight is 477 g/mol. The second-order valence-electron chi connectivity index (χ2n) is 6.96. The van der Waals surface area contributed by atoms with Crippen molar-refractivity contribution in [2.24, 2.45) is 0 Å². The molecule has 0 aliphatic carbocycles. The first-order valence-electron chi connectivity index (χ1n) is 9.94. The number of rotatable bonds is 9. The summed E-state index contributed by atoms with van der Waals surface area (Å²) in [6, 6.07) is 7.65. The molecule has 2 aromatic rings. The fourth-order valence-electron chi connectivity index (χ4n) is 3.01. The Morgan fingerprint density at radius 3 is 2.52 bits per heavy atom. The minimum Gasteiger partial charge on any atom is -0.467 e. The molecule has 3 rings (SSSR count). The number of esters is 2. The molecule has 0 bridgehead atoms. The molecule has 12 heteroatoms. The summed E-state index contributed by atoms with van der Waals surface area (Å²) in [7, 11) is -3.92. The van der Waals surface area contributed by atoms with Crippen LogP contribution in [0.15, 0.2) is 63.2 Å². The molecule has 1 atom stereocenters. The molecule has 1 aliphatic rings. The molecule has 0 saturated heterocycles. The van der Waals surface area contributed by atoms with Crippen LogP contribution in [0.3, 0.4) is 0 Å². The summed E-state index contributed by atoms with van der Waals surface area (Å²) >= 11 is 0. The number of ether oxygens (including phenoxy) is 2. The third-order valence-electron chi connectivity index (χ3n) is 4.59. The Hall–Kier alpha value is -3.64. The number of amides is 2. The van der Waals surface area contributed by atoms with Crippen LogP contribution in [0.1, 0.15) is 24.3 Å². The third kappa shape index (κ3) is 5.99. The van der Waals surface area contributed by atoms with Crippen LogP contribution in [0, 0.1) is 6.92 Å². The van der Waals surface area contributed by atoms with Gasteiger partial charge in [0.15, 0.2) is 0 Å². The van der Waals surface area contributed by atoms with E-state index in [2.05, 4.69) is 15.4 Å². The average Bonchev–Trinajstić information content (AvgIpc) is 3.31. The fraction of sp³-hybridized carbons (Fsp3) is 0.286. The molecule has 2 amide bonds. The first-order chi connectivity index (χ1) is 15.7. The van der Waals surface area contributed by atoms with Crippen molar-refractivity contribution in [1.82, 2.24) is 15.4 Å². The molecular formula is C21H23N3O8S. The number of urea groups is 1. The van der Waals surface area contributed by atoms with Crippen LogP contribution in [0.4, 0.5) is 4.79 Å². The zero-order chi connectivity index (χ0) is 24.0. The van der Waals surface area contributed by atoms with E-state index in [1.54, 1.807) is 31.2 Å². The minimum absolute atomic E-state index is 0.000105. The van der Waals surface area contributed by atoms with E-state index in [1.807, 2.05) is 6.92 Å². The van der Waals surface area contributed by atoms with E-state index in [-0.39, 0.29) is 28.5 Å². The maximum atomic E-state index is 12.6. The summed E-state index contributed by atoms with van der Waals surface area (Å²) in [6.45, 7) is 2.37. The summed E-state index contributed by atoms with van der Waals surface area (Å²) in [4.78, 5) is 36.8. The van der Waals surface area contributed by atoms with Crippen molar-refractivity contribution in [1.29, 1.82) is 0 Å². The highest BCUT2D eigenvalue weighted by atomic mass is 32.2. The molecule has 0 saturated carbocycles. The van der Waals surface area contributed by atoms with Crippen LogP contribution >= 0.6 is 0 Å². The van der Waals surface area contributed by atoms with Crippen molar-refractivity contribution < 1.29 is 36.7 Å². The number of carbonyl (C=O) groups is 3. The van der Waals surface area contributed by atoms with Gasteiger partial charge in [0.2, 0.25) is 10.0 Å². The van der Waals surface area contributed by atoms with Crippen molar-refractivity contribution in [3.05, 3.63) is 65.3 Å². The van der Waals surface area contributed by atoms with E-state index >= 15 is 0 Å². The number of hydrogen-bond donors (Lipinski definition) is 3. The quantitative estimate of drug-likeness (QED) is 0.457. The first kappa shape index (κ1) is 24.0. The topological polar surface area (TPSA) is 153 Å². The van der Waals surface area contributed by atoms with Crippen LogP contribution in [0.25, 0.3) is 0 Å². The Bertz CT molecular complexity index is 1150. The van der Waals surface area contributed by atoms with Gasteiger partial charge in [-0.05, 0) is 38.1 Å². The summed E-state index contributed by atoms with van der Waals surface area (Å²) in [6.07, 6.45) is 1.38. The maximum Gasteiger partial charge on any atom is 0.338 e. The summed E-state index contributed by atoms with van der Waals surface area (Å²) < 4.78 is 42.3. The number of aryl methyl sites for hydroxylation is 1. The standard InChI is InChI=1S/C21H23N3O8S/c1-3-30-20(26)18-15(23-21(27)24-19(18)16-5-4-10-31-16)12-32-17(25)11-22-33(28,29)14-8-6-13(2)7-9-14/h4-10,19,22H,3,11-12H2,1-2H3,(H2,23,24,27). The molecule has 0 spiro atoms. The predicted octanol–water partition coefficient (Wildman–Crippen LogP) is 1.28. The fourth-order valence-corrected chi connectivity index (χ4v) is 3.98. The Balaban J connectivity index is 1.71. The third-order valence-corrected chi connectivity index (χ3v) is 6.01. The Labute approximate surface area is 190 Å². The highest BCUT2D eigenvalue weighted by Gasteiger charge is 2.35. The SMILES string of the molecule is CCOC(=O)C1=C(COC(=O)CNS(=O)(=O)c2ccc(C)cc2)NC(=O)NC1c1ccco1. The Kier molecular flexibility index (Phi) is 7.51. The van der Waals surface area contributed by atoms with Crippen molar-refractivity contribution >= 4 is 28.0 Å². The molecule has 1 aromatic carbocycles. The van der Waals surface area contributed by atoms with Crippen LogP contribution < -0.4 is 15.4 Å². The van der Waals surface area contributed by atoms with Gasteiger partial charge < -0.3 is 24.5 Å². The second kappa shape index (κ2) is 10.3. The van der Waals surface area contributed by atoms with Gasteiger partial charge in [0.25, 0.3) is 0 Å². The van der Waals surface area contributed by atoms with Crippen molar-refractivity contribution in [3.8, 4) is 0 Å². The van der Waals surface area contributed by atoms with Crippen LogP contribution in [0.2, 0.25) is 0 Å². The van der Waals surface area contributed by atoms with E-state index in [1.165, 1.54) is 18.4 Å². The van der Waals surface area contributed by atoms with Gasteiger partial charge in [-0.3, -0.25) is 4.79 Å². The summed E-state index contributed by atoms with van der Waals surface area (Å²) in [5.74, 6) is -1.37. The molecule has 33 heavy (non-hydrogen) atoms. The molecule has 1 unspecified atom stereocenters. The van der Waals surface area contributed by atoms with E-state index in [0.29, 0.717) is 0 Å². The predicted molar refractivity (Wildman–Crippen MR) is 114 cm³/mol. The Morgan fingerprint density at radius 2 is 1.88 bits per heavy atom. The van der Waals surface area contributed by atoms with E-state index in [9.17, 15) is 22.8 Å².